The smallest absolute Gasteiger partial charge is 0.261 e. The first-order valence-corrected chi connectivity index (χ1v) is 11.3. The van der Waals surface area contributed by atoms with E-state index >= 15 is 0 Å². The molecule has 2 N–H and O–H groups in total. The number of nitrogens with one attached hydrogen (secondary N) is 2. The molecular formula is C24H26N2O3S. The third-order valence-corrected chi connectivity index (χ3v) is 6.47. The molecule has 0 saturated heterocycles. The molecule has 3 rings (SSSR count). The molecule has 3 aromatic carbocycles. The number of hydrogen-bond donors (Lipinski definition) is 2. The van der Waals surface area contributed by atoms with Crippen molar-refractivity contribution in [3.05, 3.63) is 95.1 Å². The molecule has 30 heavy (non-hydrogen) atoms. The van der Waals surface area contributed by atoms with Gasteiger partial charge in [-0.2, -0.15) is 0 Å². The van der Waals surface area contributed by atoms with E-state index in [1.807, 2.05) is 13.0 Å². The molecule has 0 radical (unpaired) electrons. The second-order valence-corrected chi connectivity index (χ2v) is 8.96. The van der Waals surface area contributed by atoms with Crippen molar-refractivity contribution in [1.29, 1.82) is 0 Å². The zero-order valence-corrected chi connectivity index (χ0v) is 18.2. The van der Waals surface area contributed by atoms with Crippen LogP contribution in [0.2, 0.25) is 0 Å². The molecular weight excluding hydrogens is 396 g/mol. The number of benzene rings is 3. The van der Waals surface area contributed by atoms with Gasteiger partial charge in [0.25, 0.3) is 15.9 Å². The topological polar surface area (TPSA) is 75.3 Å². The van der Waals surface area contributed by atoms with E-state index in [2.05, 4.69) is 36.0 Å². The Balaban J connectivity index is 1.77. The largest absolute Gasteiger partial charge is 0.345 e. The minimum absolute atomic E-state index is 0.124. The molecule has 156 valence electrons. The summed E-state index contributed by atoms with van der Waals surface area (Å²) in [6.07, 6.45) is 0.745. The van der Waals surface area contributed by atoms with Crippen molar-refractivity contribution >= 4 is 21.6 Å². The van der Waals surface area contributed by atoms with Gasteiger partial charge < -0.3 is 5.32 Å². The molecule has 0 heterocycles. The fraction of sp³-hybridized carbons (Fsp3) is 0.208. The molecule has 0 aromatic heterocycles. The number of amides is 1. The summed E-state index contributed by atoms with van der Waals surface area (Å²) >= 11 is 0. The Labute approximate surface area is 178 Å². The monoisotopic (exact) mass is 422 g/mol. The first kappa shape index (κ1) is 21.6. The van der Waals surface area contributed by atoms with Gasteiger partial charge in [0.1, 0.15) is 0 Å². The van der Waals surface area contributed by atoms with Gasteiger partial charge in [0.15, 0.2) is 0 Å². The Hall–Kier alpha value is -3.12. The van der Waals surface area contributed by atoms with Gasteiger partial charge in [-0.05, 0) is 67.3 Å². The van der Waals surface area contributed by atoms with Crippen molar-refractivity contribution in [2.75, 3.05) is 4.72 Å². The number of sulfonamides is 1. The van der Waals surface area contributed by atoms with E-state index in [9.17, 15) is 13.2 Å². The summed E-state index contributed by atoms with van der Waals surface area (Å²) < 4.78 is 27.6. The maximum Gasteiger partial charge on any atom is 0.261 e. The van der Waals surface area contributed by atoms with Gasteiger partial charge in [-0.25, -0.2) is 8.42 Å². The van der Waals surface area contributed by atoms with Gasteiger partial charge in [0, 0.05) is 11.3 Å². The van der Waals surface area contributed by atoms with Crippen molar-refractivity contribution in [1.82, 2.24) is 5.32 Å². The van der Waals surface area contributed by atoms with Crippen molar-refractivity contribution < 1.29 is 13.2 Å². The lowest BCUT2D eigenvalue weighted by atomic mass is 9.99. The Kier molecular flexibility index (Phi) is 6.57. The van der Waals surface area contributed by atoms with Crippen LogP contribution in [-0.2, 0) is 10.0 Å². The maximum atomic E-state index is 12.8. The van der Waals surface area contributed by atoms with E-state index in [1.165, 1.54) is 23.3 Å². The summed E-state index contributed by atoms with van der Waals surface area (Å²) in [5.74, 6) is -0.249. The van der Waals surface area contributed by atoms with Gasteiger partial charge >= 0.3 is 0 Å². The molecule has 0 spiro atoms. The number of carbonyl (C=O) groups is 1. The molecule has 0 fully saturated rings. The average molecular weight is 423 g/mol. The van der Waals surface area contributed by atoms with Gasteiger partial charge in [0.2, 0.25) is 0 Å². The predicted molar refractivity (Wildman–Crippen MR) is 120 cm³/mol. The van der Waals surface area contributed by atoms with Gasteiger partial charge in [-0.15, -0.1) is 0 Å². The lowest BCUT2D eigenvalue weighted by molar-refractivity contribution is 0.0935. The van der Waals surface area contributed by atoms with Crippen molar-refractivity contribution in [2.24, 2.45) is 0 Å². The summed E-state index contributed by atoms with van der Waals surface area (Å²) in [6.45, 7) is 6.13. The molecule has 3 aromatic rings. The molecule has 1 amide bonds. The Morgan fingerprint density at radius 3 is 2.30 bits per heavy atom. The summed E-state index contributed by atoms with van der Waals surface area (Å²) in [4.78, 5) is 13.0. The van der Waals surface area contributed by atoms with Crippen LogP contribution >= 0.6 is 0 Å². The van der Waals surface area contributed by atoms with Crippen LogP contribution < -0.4 is 10.0 Å². The van der Waals surface area contributed by atoms with Crippen LogP contribution in [0.25, 0.3) is 0 Å². The van der Waals surface area contributed by atoms with Crippen LogP contribution in [0.1, 0.15) is 46.4 Å². The Bertz CT molecular complexity index is 1140. The number of anilines is 1. The average Bonchev–Trinajstić information content (AvgIpc) is 2.74. The second-order valence-electron chi connectivity index (χ2n) is 7.28. The van der Waals surface area contributed by atoms with E-state index in [0.29, 0.717) is 11.3 Å². The molecule has 0 aliphatic heterocycles. The van der Waals surface area contributed by atoms with Crippen molar-refractivity contribution in [2.45, 2.75) is 38.1 Å². The minimum Gasteiger partial charge on any atom is -0.345 e. The highest BCUT2D eigenvalue weighted by molar-refractivity contribution is 7.92. The third kappa shape index (κ3) is 5.07. The molecule has 6 heteroatoms. The van der Waals surface area contributed by atoms with Crippen LogP contribution in [0.4, 0.5) is 5.69 Å². The van der Waals surface area contributed by atoms with Crippen LogP contribution in [0.3, 0.4) is 0 Å². The number of carbonyl (C=O) groups excluding carboxylic acids is 1. The van der Waals surface area contributed by atoms with E-state index in [-0.39, 0.29) is 16.8 Å². The van der Waals surface area contributed by atoms with E-state index in [4.69, 9.17) is 0 Å². The fourth-order valence-corrected chi connectivity index (χ4v) is 4.25. The predicted octanol–water partition coefficient (Wildman–Crippen LogP) is 4.99. The first-order valence-electron chi connectivity index (χ1n) is 9.86. The molecule has 0 saturated carbocycles. The Morgan fingerprint density at radius 1 is 0.900 bits per heavy atom. The minimum atomic E-state index is -3.72. The molecule has 5 nitrogen and oxygen atoms in total. The van der Waals surface area contributed by atoms with Gasteiger partial charge in [-0.3, -0.25) is 9.52 Å². The Morgan fingerprint density at radius 2 is 1.63 bits per heavy atom. The van der Waals surface area contributed by atoms with Crippen LogP contribution in [0, 0.1) is 13.8 Å². The van der Waals surface area contributed by atoms with E-state index in [0.717, 1.165) is 12.0 Å². The number of aryl methyl sites for hydroxylation is 2. The zero-order valence-electron chi connectivity index (χ0n) is 17.3. The number of rotatable bonds is 7. The van der Waals surface area contributed by atoms with E-state index in [1.54, 1.807) is 42.5 Å². The lowest BCUT2D eigenvalue weighted by Crippen LogP contribution is -2.28. The fourth-order valence-electron chi connectivity index (χ4n) is 3.18. The SMILES string of the molecule is CC[C@@H](NC(=O)c1cccc(NS(=O)(=O)c2ccccc2)c1)c1ccc(C)c(C)c1. The highest BCUT2D eigenvalue weighted by Gasteiger charge is 2.17. The van der Waals surface area contributed by atoms with Crippen LogP contribution in [0.5, 0.6) is 0 Å². The summed E-state index contributed by atoms with van der Waals surface area (Å²) in [6, 6.07) is 20.7. The van der Waals surface area contributed by atoms with Crippen LogP contribution in [-0.4, -0.2) is 14.3 Å². The van der Waals surface area contributed by atoms with Gasteiger partial charge in [0.05, 0.1) is 10.9 Å². The normalized spacial score (nSPS) is 12.2. The lowest BCUT2D eigenvalue weighted by Gasteiger charge is -2.19. The van der Waals surface area contributed by atoms with Gasteiger partial charge in [-0.1, -0.05) is 49.4 Å². The molecule has 0 aliphatic carbocycles. The number of hydrogen-bond acceptors (Lipinski definition) is 3. The highest BCUT2D eigenvalue weighted by atomic mass is 32.2. The van der Waals surface area contributed by atoms with Crippen molar-refractivity contribution in [3.8, 4) is 0 Å². The molecule has 1 atom stereocenters. The standard InChI is InChI=1S/C24H26N2O3S/c1-4-23(19-14-13-17(2)18(3)15-19)25-24(27)20-9-8-10-21(16-20)26-30(28,29)22-11-6-5-7-12-22/h5-16,23,26H,4H2,1-3H3,(H,25,27)/t23-/m1/s1. The zero-order chi connectivity index (χ0) is 21.7. The van der Waals surface area contributed by atoms with E-state index < -0.39 is 10.0 Å². The molecule has 0 aliphatic rings. The van der Waals surface area contributed by atoms with Crippen LogP contribution in [0.15, 0.2) is 77.7 Å². The summed E-state index contributed by atoms with van der Waals surface area (Å²) in [5.41, 5.74) is 4.17. The quantitative estimate of drug-likeness (QED) is 0.563. The summed E-state index contributed by atoms with van der Waals surface area (Å²) in [7, 11) is -3.72. The first-order chi connectivity index (χ1) is 14.3. The molecule has 0 unspecified atom stereocenters. The molecule has 0 bridgehead atoms. The second kappa shape index (κ2) is 9.13. The maximum absolute atomic E-state index is 12.8. The third-order valence-electron chi connectivity index (χ3n) is 5.08. The highest BCUT2D eigenvalue weighted by Crippen LogP contribution is 2.22. The summed E-state index contributed by atoms with van der Waals surface area (Å²) in [5, 5.41) is 3.05. The van der Waals surface area contributed by atoms with Crippen molar-refractivity contribution in [3.63, 3.8) is 0 Å².